The molecule has 0 amide bonds. The lowest BCUT2D eigenvalue weighted by Crippen LogP contribution is -2.07. The molecule has 0 radical (unpaired) electrons. The van der Waals surface area contributed by atoms with E-state index in [2.05, 4.69) is 4.99 Å². The van der Waals surface area contributed by atoms with Gasteiger partial charge in [-0.15, -0.1) is 0 Å². The third kappa shape index (κ3) is 4.44. The van der Waals surface area contributed by atoms with E-state index >= 15 is 0 Å². The highest BCUT2D eigenvalue weighted by molar-refractivity contribution is 8.13. The van der Waals surface area contributed by atoms with Crippen molar-refractivity contribution in [1.82, 2.24) is 0 Å². The maximum absolute atomic E-state index is 6.09. The van der Waals surface area contributed by atoms with Gasteiger partial charge >= 0.3 is 0 Å². The average molecular weight is 325 g/mol. The summed E-state index contributed by atoms with van der Waals surface area (Å²) in [6.07, 6.45) is 0. The first kappa shape index (κ1) is 15.2. The van der Waals surface area contributed by atoms with Crippen LogP contribution in [0.15, 0.2) is 53.5 Å². The van der Waals surface area contributed by atoms with Gasteiger partial charge in [0.25, 0.3) is 0 Å². The highest BCUT2D eigenvalue weighted by Gasteiger charge is 2.02. The number of nitrogens with two attached hydrogens (primary N) is 1. The molecule has 0 saturated carbocycles. The highest BCUT2D eigenvalue weighted by Crippen LogP contribution is 2.21. The normalized spacial score (nSPS) is 11.6. The Morgan fingerprint density at radius 2 is 1.50 bits per heavy atom. The minimum atomic E-state index is 0.487. The zero-order valence-corrected chi connectivity index (χ0v) is 13.1. The molecule has 0 aromatic heterocycles. The lowest BCUT2D eigenvalue weighted by molar-refractivity contribution is 1.07. The van der Waals surface area contributed by atoms with Gasteiger partial charge in [0.1, 0.15) is 0 Å². The Hall–Kier alpha value is -1.16. The number of amidine groups is 1. The van der Waals surface area contributed by atoms with Crippen LogP contribution in [0.25, 0.3) is 0 Å². The molecule has 0 saturated heterocycles. The first-order chi connectivity index (χ1) is 9.66. The number of benzene rings is 2. The molecule has 0 atom stereocenters. The van der Waals surface area contributed by atoms with Crippen molar-refractivity contribution in [3.8, 4) is 0 Å². The van der Waals surface area contributed by atoms with Crippen molar-refractivity contribution in [3.05, 3.63) is 69.7 Å². The summed E-state index contributed by atoms with van der Waals surface area (Å²) < 4.78 is 0. The average Bonchev–Trinajstić information content (AvgIpc) is 2.45. The molecule has 0 unspecified atom stereocenters. The van der Waals surface area contributed by atoms with Gasteiger partial charge < -0.3 is 5.73 Å². The minimum absolute atomic E-state index is 0.487. The third-order valence-electron chi connectivity index (χ3n) is 2.70. The molecule has 0 aliphatic carbocycles. The number of halogens is 2. The molecule has 0 heterocycles. The van der Waals surface area contributed by atoms with Crippen LogP contribution < -0.4 is 5.73 Å². The SMILES string of the molecule is NC(=NCc1ccccc1Cl)SCc1ccccc1Cl. The van der Waals surface area contributed by atoms with Gasteiger partial charge in [-0.3, -0.25) is 4.99 Å². The summed E-state index contributed by atoms with van der Waals surface area (Å²) in [6.45, 7) is 0.487. The third-order valence-corrected chi connectivity index (χ3v) is 4.31. The van der Waals surface area contributed by atoms with E-state index < -0.39 is 0 Å². The van der Waals surface area contributed by atoms with Crippen molar-refractivity contribution in [3.63, 3.8) is 0 Å². The van der Waals surface area contributed by atoms with Gasteiger partial charge in [0.15, 0.2) is 5.17 Å². The summed E-state index contributed by atoms with van der Waals surface area (Å²) in [5.41, 5.74) is 7.92. The van der Waals surface area contributed by atoms with E-state index in [1.165, 1.54) is 11.8 Å². The number of thioether (sulfide) groups is 1. The molecule has 2 nitrogen and oxygen atoms in total. The van der Waals surface area contributed by atoms with Gasteiger partial charge in [-0.05, 0) is 23.3 Å². The molecule has 0 aliphatic rings. The van der Waals surface area contributed by atoms with Crippen LogP contribution in [0.3, 0.4) is 0 Å². The zero-order chi connectivity index (χ0) is 14.4. The maximum atomic E-state index is 6.09. The van der Waals surface area contributed by atoms with E-state index in [0.717, 1.165) is 16.1 Å². The fourth-order valence-electron chi connectivity index (χ4n) is 1.60. The van der Waals surface area contributed by atoms with E-state index in [4.69, 9.17) is 28.9 Å². The number of aliphatic imine (C=N–C) groups is 1. The summed E-state index contributed by atoms with van der Waals surface area (Å²) in [4.78, 5) is 4.33. The van der Waals surface area contributed by atoms with Crippen LogP contribution in [0, 0.1) is 0 Å². The molecule has 104 valence electrons. The molecule has 2 rings (SSSR count). The molecular weight excluding hydrogens is 311 g/mol. The largest absolute Gasteiger partial charge is 0.379 e. The standard InChI is InChI=1S/C15H14Cl2N2S/c16-13-7-3-1-5-11(13)9-19-15(18)20-10-12-6-2-4-8-14(12)17/h1-8H,9-10H2,(H2,18,19). The molecule has 0 fully saturated rings. The zero-order valence-electron chi connectivity index (χ0n) is 10.7. The molecule has 0 bridgehead atoms. The van der Waals surface area contributed by atoms with E-state index in [1.54, 1.807) is 0 Å². The molecule has 0 spiro atoms. The Morgan fingerprint density at radius 3 is 2.10 bits per heavy atom. The van der Waals surface area contributed by atoms with Crippen molar-refractivity contribution < 1.29 is 0 Å². The van der Waals surface area contributed by atoms with Crippen LogP contribution in [0.5, 0.6) is 0 Å². The molecule has 20 heavy (non-hydrogen) atoms. The summed E-state index contributed by atoms with van der Waals surface area (Å²) in [5, 5.41) is 1.99. The topological polar surface area (TPSA) is 38.4 Å². The first-order valence-corrected chi connectivity index (χ1v) is 7.80. The summed E-state index contributed by atoms with van der Waals surface area (Å²) >= 11 is 13.6. The van der Waals surface area contributed by atoms with Gasteiger partial charge in [-0.25, -0.2) is 0 Å². The molecule has 2 aromatic carbocycles. The van der Waals surface area contributed by atoms with Crippen molar-refractivity contribution in [2.75, 3.05) is 0 Å². The molecule has 2 N–H and O–H groups in total. The van der Waals surface area contributed by atoms with Gasteiger partial charge in [-0.2, -0.15) is 0 Å². The first-order valence-electron chi connectivity index (χ1n) is 6.06. The molecule has 0 aliphatic heterocycles. The van der Waals surface area contributed by atoms with E-state index in [1.807, 2.05) is 48.5 Å². The van der Waals surface area contributed by atoms with Crippen LogP contribution >= 0.6 is 35.0 Å². The van der Waals surface area contributed by atoms with Crippen molar-refractivity contribution in [2.45, 2.75) is 12.3 Å². The van der Waals surface area contributed by atoms with Gasteiger partial charge in [0.2, 0.25) is 0 Å². The van der Waals surface area contributed by atoms with Crippen LogP contribution in [0.4, 0.5) is 0 Å². The van der Waals surface area contributed by atoms with E-state index in [9.17, 15) is 0 Å². The molecule has 2 aromatic rings. The van der Waals surface area contributed by atoms with Gasteiger partial charge in [0, 0.05) is 15.8 Å². The van der Waals surface area contributed by atoms with Crippen molar-refractivity contribution >= 4 is 40.1 Å². The van der Waals surface area contributed by atoms with E-state index in [-0.39, 0.29) is 0 Å². The van der Waals surface area contributed by atoms with Gasteiger partial charge in [-0.1, -0.05) is 71.4 Å². The Kier molecular flexibility index (Phi) is 5.77. The Labute approximate surface area is 133 Å². The number of nitrogens with zero attached hydrogens (tertiary/aromatic N) is 1. The van der Waals surface area contributed by atoms with Gasteiger partial charge in [0.05, 0.1) is 6.54 Å². The number of hydrogen-bond donors (Lipinski definition) is 1. The summed E-state index contributed by atoms with van der Waals surface area (Å²) in [5.74, 6) is 0.706. The molecule has 5 heteroatoms. The lowest BCUT2D eigenvalue weighted by Gasteiger charge is -2.04. The molecular formula is C15H14Cl2N2S. The Morgan fingerprint density at radius 1 is 0.950 bits per heavy atom. The summed E-state index contributed by atoms with van der Waals surface area (Å²) in [6, 6.07) is 15.3. The highest BCUT2D eigenvalue weighted by atomic mass is 35.5. The smallest absolute Gasteiger partial charge is 0.154 e. The van der Waals surface area contributed by atoms with E-state index in [0.29, 0.717) is 22.5 Å². The predicted octanol–water partition coefficient (Wildman–Crippen LogP) is 4.74. The van der Waals surface area contributed by atoms with Crippen LogP contribution in [-0.2, 0) is 12.3 Å². The second-order valence-corrected chi connectivity index (χ2v) is 5.94. The number of hydrogen-bond acceptors (Lipinski definition) is 2. The predicted molar refractivity (Wildman–Crippen MR) is 89.5 cm³/mol. The fraction of sp³-hybridized carbons (Fsp3) is 0.133. The Bertz CT molecular complexity index is 614. The van der Waals surface area contributed by atoms with Crippen molar-refractivity contribution in [2.24, 2.45) is 10.7 Å². The second kappa shape index (κ2) is 7.58. The quantitative estimate of drug-likeness (QED) is 0.651. The lowest BCUT2D eigenvalue weighted by atomic mass is 10.2. The van der Waals surface area contributed by atoms with Crippen molar-refractivity contribution in [1.29, 1.82) is 0 Å². The maximum Gasteiger partial charge on any atom is 0.154 e. The Balaban J connectivity index is 1.92. The monoisotopic (exact) mass is 324 g/mol. The van der Waals surface area contributed by atoms with Crippen LogP contribution in [0.1, 0.15) is 11.1 Å². The van der Waals surface area contributed by atoms with Crippen LogP contribution in [0.2, 0.25) is 10.0 Å². The summed E-state index contributed by atoms with van der Waals surface area (Å²) in [7, 11) is 0. The second-order valence-electron chi connectivity index (χ2n) is 4.13. The minimum Gasteiger partial charge on any atom is -0.379 e. The number of rotatable bonds is 4. The van der Waals surface area contributed by atoms with Crippen LogP contribution in [-0.4, -0.2) is 5.17 Å². The fourth-order valence-corrected chi connectivity index (χ4v) is 2.79.